The zero-order valence-electron chi connectivity index (χ0n) is 10.6. The van der Waals surface area contributed by atoms with Crippen LogP contribution in [0.2, 0.25) is 0 Å². The lowest BCUT2D eigenvalue weighted by molar-refractivity contribution is 0.503. The summed E-state index contributed by atoms with van der Waals surface area (Å²) in [6, 6.07) is 2.27. The Labute approximate surface area is 102 Å². The minimum Gasteiger partial charge on any atom is -0.368 e. The van der Waals surface area contributed by atoms with Crippen molar-refractivity contribution >= 4 is 11.8 Å². The highest BCUT2D eigenvalue weighted by atomic mass is 15.2. The molecule has 17 heavy (non-hydrogen) atoms. The van der Waals surface area contributed by atoms with Crippen LogP contribution in [0.15, 0.2) is 6.07 Å². The van der Waals surface area contributed by atoms with Gasteiger partial charge in [-0.3, -0.25) is 0 Å². The van der Waals surface area contributed by atoms with Gasteiger partial charge in [0.1, 0.15) is 5.82 Å². The van der Waals surface area contributed by atoms with Crippen molar-refractivity contribution in [2.45, 2.75) is 38.6 Å². The molecular formula is C12H21N5. The molecule has 0 amide bonds. The van der Waals surface area contributed by atoms with Crippen LogP contribution in [0.3, 0.4) is 0 Å². The first-order valence-corrected chi connectivity index (χ1v) is 6.21. The Morgan fingerprint density at radius 1 is 1.41 bits per heavy atom. The summed E-state index contributed by atoms with van der Waals surface area (Å²) in [5.74, 6) is 1.62. The summed E-state index contributed by atoms with van der Waals surface area (Å²) in [4.78, 5) is 10.8. The fourth-order valence-corrected chi connectivity index (χ4v) is 2.15. The standard InChI is InChI=1S/C12H21N5/c1-8(2)10-6-11(16-12(14)15-10)17-5-3-4-9(13)7-17/h6,8-9H,3-5,7,13H2,1-2H3,(H2,14,15,16)/t9-/m1/s1. The van der Waals surface area contributed by atoms with E-state index < -0.39 is 0 Å². The number of nitrogen functional groups attached to an aromatic ring is 1. The van der Waals surface area contributed by atoms with Gasteiger partial charge in [0, 0.05) is 25.2 Å². The fourth-order valence-electron chi connectivity index (χ4n) is 2.15. The molecule has 0 spiro atoms. The number of hydrogen-bond donors (Lipinski definition) is 2. The summed E-state index contributed by atoms with van der Waals surface area (Å²) in [5, 5.41) is 0. The van der Waals surface area contributed by atoms with E-state index in [1.165, 1.54) is 0 Å². The van der Waals surface area contributed by atoms with Gasteiger partial charge in [0.05, 0.1) is 5.69 Å². The van der Waals surface area contributed by atoms with E-state index in [0.29, 0.717) is 11.9 Å². The molecule has 1 aromatic rings. The highest BCUT2D eigenvalue weighted by molar-refractivity contribution is 5.44. The average Bonchev–Trinajstić information content (AvgIpc) is 2.28. The largest absolute Gasteiger partial charge is 0.368 e. The van der Waals surface area contributed by atoms with Crippen molar-refractivity contribution in [2.24, 2.45) is 5.73 Å². The van der Waals surface area contributed by atoms with Crippen molar-refractivity contribution in [1.29, 1.82) is 0 Å². The normalized spacial score (nSPS) is 20.9. The number of piperidine rings is 1. The third-order valence-electron chi connectivity index (χ3n) is 3.12. The van der Waals surface area contributed by atoms with Crippen molar-refractivity contribution in [3.8, 4) is 0 Å². The summed E-state index contributed by atoms with van der Waals surface area (Å²) in [5.41, 5.74) is 12.7. The first kappa shape index (κ1) is 12.1. The molecule has 0 bridgehead atoms. The lowest BCUT2D eigenvalue weighted by Crippen LogP contribution is -2.43. The van der Waals surface area contributed by atoms with Crippen molar-refractivity contribution in [2.75, 3.05) is 23.7 Å². The van der Waals surface area contributed by atoms with Crippen molar-refractivity contribution in [1.82, 2.24) is 9.97 Å². The van der Waals surface area contributed by atoms with Gasteiger partial charge in [-0.25, -0.2) is 4.98 Å². The molecule has 94 valence electrons. The van der Waals surface area contributed by atoms with Crippen LogP contribution in [-0.4, -0.2) is 29.1 Å². The molecule has 1 aromatic heterocycles. The molecule has 1 saturated heterocycles. The van der Waals surface area contributed by atoms with E-state index in [0.717, 1.165) is 37.4 Å². The number of rotatable bonds is 2. The number of nitrogens with zero attached hydrogens (tertiary/aromatic N) is 3. The maximum atomic E-state index is 5.98. The maximum Gasteiger partial charge on any atom is 0.222 e. The van der Waals surface area contributed by atoms with E-state index in [9.17, 15) is 0 Å². The summed E-state index contributed by atoms with van der Waals surface area (Å²) in [6.45, 7) is 6.07. The molecular weight excluding hydrogens is 214 g/mol. The van der Waals surface area contributed by atoms with Crippen LogP contribution in [0.4, 0.5) is 11.8 Å². The second kappa shape index (κ2) is 4.87. The highest BCUT2D eigenvalue weighted by Crippen LogP contribution is 2.22. The van der Waals surface area contributed by atoms with Gasteiger partial charge in [0.25, 0.3) is 0 Å². The van der Waals surface area contributed by atoms with Crippen LogP contribution in [0, 0.1) is 0 Å². The lowest BCUT2D eigenvalue weighted by atomic mass is 10.1. The highest BCUT2D eigenvalue weighted by Gasteiger charge is 2.19. The van der Waals surface area contributed by atoms with E-state index in [1.807, 2.05) is 6.07 Å². The van der Waals surface area contributed by atoms with Gasteiger partial charge in [-0.2, -0.15) is 4.98 Å². The van der Waals surface area contributed by atoms with E-state index in [-0.39, 0.29) is 6.04 Å². The zero-order valence-corrected chi connectivity index (χ0v) is 10.6. The molecule has 5 heteroatoms. The molecule has 1 atom stereocenters. The predicted molar refractivity (Wildman–Crippen MR) is 70.0 cm³/mol. The molecule has 4 N–H and O–H groups in total. The summed E-state index contributed by atoms with van der Waals surface area (Å²) < 4.78 is 0. The molecule has 5 nitrogen and oxygen atoms in total. The Hall–Kier alpha value is -1.36. The Balaban J connectivity index is 2.25. The molecule has 2 heterocycles. The maximum absolute atomic E-state index is 5.98. The molecule has 1 aliphatic heterocycles. The van der Waals surface area contributed by atoms with Crippen LogP contribution in [0.25, 0.3) is 0 Å². The summed E-state index contributed by atoms with van der Waals surface area (Å²) in [6.07, 6.45) is 2.20. The van der Waals surface area contributed by atoms with Crippen molar-refractivity contribution in [3.63, 3.8) is 0 Å². The van der Waals surface area contributed by atoms with Crippen LogP contribution in [0.1, 0.15) is 38.3 Å². The Kier molecular flexibility index (Phi) is 3.47. The molecule has 1 fully saturated rings. The van der Waals surface area contributed by atoms with Gasteiger partial charge >= 0.3 is 0 Å². The molecule has 0 saturated carbocycles. The second-order valence-corrected chi connectivity index (χ2v) is 5.01. The van der Waals surface area contributed by atoms with Crippen LogP contribution in [-0.2, 0) is 0 Å². The topological polar surface area (TPSA) is 81.1 Å². The first-order valence-electron chi connectivity index (χ1n) is 6.21. The number of hydrogen-bond acceptors (Lipinski definition) is 5. The third kappa shape index (κ3) is 2.85. The van der Waals surface area contributed by atoms with E-state index in [2.05, 4.69) is 28.7 Å². The zero-order chi connectivity index (χ0) is 12.4. The monoisotopic (exact) mass is 235 g/mol. The van der Waals surface area contributed by atoms with Crippen LogP contribution < -0.4 is 16.4 Å². The van der Waals surface area contributed by atoms with Crippen LogP contribution >= 0.6 is 0 Å². The average molecular weight is 235 g/mol. The quantitative estimate of drug-likeness (QED) is 0.802. The minimum atomic E-state index is 0.238. The minimum absolute atomic E-state index is 0.238. The first-order chi connectivity index (χ1) is 8.06. The smallest absolute Gasteiger partial charge is 0.222 e. The molecule has 0 radical (unpaired) electrons. The molecule has 0 unspecified atom stereocenters. The number of nitrogens with two attached hydrogens (primary N) is 2. The Bertz CT molecular complexity index is 390. The predicted octanol–water partition coefficient (Wildman–Crippen LogP) is 1.11. The van der Waals surface area contributed by atoms with E-state index in [1.54, 1.807) is 0 Å². The summed E-state index contributed by atoms with van der Waals surface area (Å²) >= 11 is 0. The second-order valence-electron chi connectivity index (χ2n) is 5.01. The van der Waals surface area contributed by atoms with Crippen molar-refractivity contribution < 1.29 is 0 Å². The number of aromatic nitrogens is 2. The van der Waals surface area contributed by atoms with Crippen LogP contribution in [0.5, 0.6) is 0 Å². The molecule has 2 rings (SSSR count). The van der Waals surface area contributed by atoms with E-state index in [4.69, 9.17) is 11.5 Å². The number of anilines is 2. The summed E-state index contributed by atoms with van der Waals surface area (Å²) in [7, 11) is 0. The van der Waals surface area contributed by atoms with Gasteiger partial charge in [0.2, 0.25) is 5.95 Å². The SMILES string of the molecule is CC(C)c1cc(N2CCC[C@@H](N)C2)nc(N)n1. The Morgan fingerprint density at radius 3 is 2.82 bits per heavy atom. The van der Waals surface area contributed by atoms with Gasteiger partial charge in [0.15, 0.2) is 0 Å². The van der Waals surface area contributed by atoms with Gasteiger partial charge in [-0.15, -0.1) is 0 Å². The Morgan fingerprint density at radius 2 is 2.18 bits per heavy atom. The van der Waals surface area contributed by atoms with Gasteiger partial charge in [-0.1, -0.05) is 13.8 Å². The molecule has 1 aliphatic rings. The third-order valence-corrected chi connectivity index (χ3v) is 3.12. The molecule has 0 aromatic carbocycles. The van der Waals surface area contributed by atoms with Gasteiger partial charge < -0.3 is 16.4 Å². The van der Waals surface area contributed by atoms with Crippen molar-refractivity contribution in [3.05, 3.63) is 11.8 Å². The van der Waals surface area contributed by atoms with Gasteiger partial charge in [-0.05, 0) is 18.8 Å². The fraction of sp³-hybridized carbons (Fsp3) is 0.667. The lowest BCUT2D eigenvalue weighted by Gasteiger charge is -2.32. The molecule has 0 aliphatic carbocycles. The van der Waals surface area contributed by atoms with E-state index >= 15 is 0 Å².